The summed E-state index contributed by atoms with van der Waals surface area (Å²) in [6.07, 6.45) is 1.39. The van der Waals surface area contributed by atoms with Gasteiger partial charge in [0, 0.05) is 23.9 Å². The predicted molar refractivity (Wildman–Crippen MR) is 68.3 cm³/mol. The van der Waals surface area contributed by atoms with Gasteiger partial charge in [-0.25, -0.2) is 4.79 Å². The van der Waals surface area contributed by atoms with Gasteiger partial charge in [0.2, 0.25) is 0 Å². The normalized spacial score (nSPS) is 33.2. The van der Waals surface area contributed by atoms with E-state index in [0.29, 0.717) is 19.5 Å². The fraction of sp³-hybridized carbons (Fsp3) is 0.643. The van der Waals surface area contributed by atoms with Crippen molar-refractivity contribution in [3.05, 3.63) is 11.6 Å². The van der Waals surface area contributed by atoms with Crippen LogP contribution in [-0.2, 0) is 4.79 Å². The molecular weight excluding hydrogens is 244 g/mol. The van der Waals surface area contributed by atoms with Gasteiger partial charge in [-0.15, -0.1) is 0 Å². The standard InChI is InChI=1S/C14H18N2O3/c1-13(2)10-4-5-16(12(18)19)8-14(10,3)6-9(7-15)11(13)17/h6,10H,4-5,8H2,1-3H3,(H,18,19)/t10-,14-/m0/s1. The summed E-state index contributed by atoms with van der Waals surface area (Å²) >= 11 is 0. The molecule has 19 heavy (non-hydrogen) atoms. The van der Waals surface area contributed by atoms with Crippen molar-refractivity contribution in [1.29, 1.82) is 5.26 Å². The Balaban J connectivity index is 2.47. The monoisotopic (exact) mass is 262 g/mol. The van der Waals surface area contributed by atoms with E-state index in [1.807, 2.05) is 26.8 Å². The Morgan fingerprint density at radius 1 is 1.53 bits per heavy atom. The Hall–Kier alpha value is -1.83. The van der Waals surface area contributed by atoms with Gasteiger partial charge in [0.15, 0.2) is 5.78 Å². The first-order valence-corrected chi connectivity index (χ1v) is 6.38. The molecule has 0 radical (unpaired) electrons. The lowest BCUT2D eigenvalue weighted by Crippen LogP contribution is -2.56. The molecule has 0 aromatic rings. The summed E-state index contributed by atoms with van der Waals surface area (Å²) in [6.45, 7) is 6.45. The van der Waals surface area contributed by atoms with Crippen molar-refractivity contribution in [3.8, 4) is 6.07 Å². The first-order chi connectivity index (χ1) is 8.72. The van der Waals surface area contributed by atoms with Crippen LogP contribution in [0.5, 0.6) is 0 Å². The minimum Gasteiger partial charge on any atom is -0.465 e. The quantitative estimate of drug-likeness (QED) is 0.724. The van der Waals surface area contributed by atoms with Gasteiger partial charge in [-0.2, -0.15) is 5.26 Å². The van der Waals surface area contributed by atoms with E-state index < -0.39 is 16.9 Å². The first-order valence-electron chi connectivity index (χ1n) is 6.38. The van der Waals surface area contributed by atoms with Gasteiger partial charge in [-0.1, -0.05) is 26.8 Å². The van der Waals surface area contributed by atoms with Gasteiger partial charge >= 0.3 is 6.09 Å². The Kier molecular flexibility index (Phi) is 2.93. The van der Waals surface area contributed by atoms with Crippen LogP contribution in [0.25, 0.3) is 0 Å². The number of allylic oxidation sites excluding steroid dienone is 1. The summed E-state index contributed by atoms with van der Waals surface area (Å²) in [5, 5.41) is 18.2. The van der Waals surface area contributed by atoms with Crippen LogP contribution < -0.4 is 0 Å². The number of hydrogen-bond donors (Lipinski definition) is 1. The molecule has 5 heteroatoms. The first kappa shape index (κ1) is 13.6. The average molecular weight is 262 g/mol. The maximum Gasteiger partial charge on any atom is 0.407 e. The third kappa shape index (κ3) is 1.92. The van der Waals surface area contributed by atoms with E-state index in [0.717, 1.165) is 0 Å². The molecular formula is C14H18N2O3. The van der Waals surface area contributed by atoms with E-state index in [1.165, 1.54) is 4.90 Å². The molecule has 1 amide bonds. The highest BCUT2D eigenvalue weighted by atomic mass is 16.4. The van der Waals surface area contributed by atoms with Crippen molar-refractivity contribution in [1.82, 2.24) is 4.90 Å². The number of fused-ring (bicyclic) bond motifs is 1. The van der Waals surface area contributed by atoms with Crippen molar-refractivity contribution in [2.75, 3.05) is 13.1 Å². The smallest absolute Gasteiger partial charge is 0.407 e. The van der Waals surface area contributed by atoms with Crippen LogP contribution in [0, 0.1) is 28.1 Å². The lowest BCUT2D eigenvalue weighted by Gasteiger charge is -2.52. The zero-order valence-electron chi connectivity index (χ0n) is 11.4. The van der Waals surface area contributed by atoms with Crippen molar-refractivity contribution in [2.24, 2.45) is 16.7 Å². The highest BCUT2D eigenvalue weighted by molar-refractivity contribution is 6.04. The third-order valence-electron chi connectivity index (χ3n) is 4.58. The van der Waals surface area contributed by atoms with Crippen molar-refractivity contribution in [3.63, 3.8) is 0 Å². The van der Waals surface area contributed by atoms with Crippen LogP contribution >= 0.6 is 0 Å². The molecule has 2 rings (SSSR count). The maximum absolute atomic E-state index is 12.3. The van der Waals surface area contributed by atoms with Crippen molar-refractivity contribution >= 4 is 11.9 Å². The van der Waals surface area contributed by atoms with Crippen molar-refractivity contribution in [2.45, 2.75) is 27.2 Å². The number of ketones is 1. The van der Waals surface area contributed by atoms with Crippen LogP contribution in [0.2, 0.25) is 0 Å². The number of hydrogen-bond acceptors (Lipinski definition) is 3. The summed E-state index contributed by atoms with van der Waals surface area (Å²) in [6, 6.07) is 1.96. The highest BCUT2D eigenvalue weighted by Gasteiger charge is 2.53. The van der Waals surface area contributed by atoms with Gasteiger partial charge in [-0.3, -0.25) is 4.79 Å². The molecule has 1 heterocycles. The molecule has 2 atom stereocenters. The Morgan fingerprint density at radius 2 is 2.16 bits per heavy atom. The number of carbonyl (C=O) groups is 2. The molecule has 0 spiro atoms. The second kappa shape index (κ2) is 4.09. The molecule has 1 aliphatic heterocycles. The average Bonchev–Trinajstić information content (AvgIpc) is 2.33. The molecule has 5 nitrogen and oxygen atoms in total. The Bertz CT molecular complexity index is 515. The van der Waals surface area contributed by atoms with Crippen molar-refractivity contribution < 1.29 is 14.7 Å². The fourth-order valence-corrected chi connectivity index (χ4v) is 3.69. The summed E-state index contributed by atoms with van der Waals surface area (Å²) in [5.41, 5.74) is -0.894. The van der Waals surface area contributed by atoms with Crippen LogP contribution in [0.1, 0.15) is 27.2 Å². The van der Waals surface area contributed by atoms with Gasteiger partial charge in [-0.05, 0) is 12.3 Å². The fourth-order valence-electron chi connectivity index (χ4n) is 3.69. The third-order valence-corrected chi connectivity index (χ3v) is 4.58. The second-order valence-corrected chi connectivity index (χ2v) is 6.27. The van der Waals surface area contributed by atoms with E-state index in [4.69, 9.17) is 10.4 Å². The molecule has 1 fully saturated rings. The number of amides is 1. The number of likely N-dealkylation sites (tertiary alicyclic amines) is 1. The van der Waals surface area contributed by atoms with E-state index in [2.05, 4.69) is 0 Å². The topological polar surface area (TPSA) is 81.4 Å². The molecule has 1 N–H and O–H groups in total. The highest BCUT2D eigenvalue weighted by Crippen LogP contribution is 2.51. The lowest BCUT2D eigenvalue weighted by atomic mass is 9.55. The van der Waals surface area contributed by atoms with Crippen LogP contribution in [0.3, 0.4) is 0 Å². The molecule has 0 saturated carbocycles. The minimum atomic E-state index is -0.943. The lowest BCUT2D eigenvalue weighted by molar-refractivity contribution is -0.131. The summed E-state index contributed by atoms with van der Waals surface area (Å²) in [7, 11) is 0. The summed E-state index contributed by atoms with van der Waals surface area (Å²) in [5.74, 6) is -0.0542. The largest absolute Gasteiger partial charge is 0.465 e. The van der Waals surface area contributed by atoms with Gasteiger partial charge in [0.05, 0.1) is 5.57 Å². The zero-order valence-corrected chi connectivity index (χ0v) is 11.4. The molecule has 102 valence electrons. The van der Waals surface area contributed by atoms with Gasteiger partial charge in [0.25, 0.3) is 0 Å². The summed E-state index contributed by atoms with van der Waals surface area (Å²) in [4.78, 5) is 24.8. The number of piperidine rings is 1. The Labute approximate surface area is 112 Å². The second-order valence-electron chi connectivity index (χ2n) is 6.27. The maximum atomic E-state index is 12.3. The van der Waals surface area contributed by atoms with Gasteiger partial charge < -0.3 is 10.0 Å². The number of carboxylic acid groups (broad SMARTS) is 1. The SMILES string of the molecule is CC1(C)C(=O)C(C#N)=C[C@@]2(C)CN(C(=O)O)CC[C@@H]12. The minimum absolute atomic E-state index is 0.0696. The number of rotatable bonds is 0. The zero-order chi connectivity index (χ0) is 14.4. The van der Waals surface area contributed by atoms with E-state index in [1.54, 1.807) is 6.08 Å². The molecule has 1 aliphatic carbocycles. The van der Waals surface area contributed by atoms with Gasteiger partial charge in [0.1, 0.15) is 6.07 Å². The molecule has 0 aromatic heterocycles. The van der Waals surface area contributed by atoms with Crippen LogP contribution in [-0.4, -0.2) is 35.0 Å². The number of nitriles is 1. The molecule has 0 unspecified atom stereocenters. The molecule has 0 aromatic carbocycles. The molecule has 1 saturated heterocycles. The van der Waals surface area contributed by atoms with Crippen LogP contribution in [0.15, 0.2) is 11.6 Å². The number of nitrogens with zero attached hydrogens (tertiary/aromatic N) is 2. The number of Topliss-reactive ketones (excluding diaryl/α,β-unsaturated/α-hetero) is 1. The van der Waals surface area contributed by atoms with E-state index in [9.17, 15) is 9.59 Å². The Morgan fingerprint density at radius 3 is 2.68 bits per heavy atom. The predicted octanol–water partition coefficient (Wildman–Crippen LogP) is 2.05. The molecule has 0 bridgehead atoms. The van der Waals surface area contributed by atoms with Crippen LogP contribution in [0.4, 0.5) is 4.79 Å². The van der Waals surface area contributed by atoms with E-state index in [-0.39, 0.29) is 17.3 Å². The van der Waals surface area contributed by atoms with E-state index >= 15 is 0 Å². The summed E-state index contributed by atoms with van der Waals surface area (Å²) < 4.78 is 0. The molecule has 2 aliphatic rings. The number of carbonyl (C=O) groups excluding carboxylic acids is 1.